The molecule has 23 nitrogen and oxygen atoms in total. The molecule has 0 aliphatic rings. The van der Waals surface area contributed by atoms with E-state index in [1.165, 1.54) is 6.92 Å². The molecule has 0 aromatic rings. The Kier molecular flexibility index (Phi) is 26.4. The molecule has 0 aliphatic heterocycles. The maximum atomic E-state index is 14.1. The summed E-state index contributed by atoms with van der Waals surface area (Å²) < 4.78 is 0. The minimum absolute atomic E-state index is 0.0286. The Hall–Kier alpha value is -5.58. The van der Waals surface area contributed by atoms with Crippen molar-refractivity contribution in [2.45, 2.75) is 156 Å². The molecule has 0 aromatic heterocycles. The summed E-state index contributed by atoms with van der Waals surface area (Å²) in [6.45, 7) is 14.9. The van der Waals surface area contributed by atoms with Gasteiger partial charge in [0.25, 0.3) is 0 Å². The van der Waals surface area contributed by atoms with Gasteiger partial charge in [0.05, 0.1) is 19.1 Å². The molecule has 0 aliphatic carbocycles. The van der Waals surface area contributed by atoms with Crippen LogP contribution in [0.2, 0.25) is 0 Å². The summed E-state index contributed by atoms with van der Waals surface area (Å²) in [5.74, 6) is -9.21. The summed E-state index contributed by atoms with van der Waals surface area (Å²) in [6, 6.07) is -9.30. The fourth-order valence-electron chi connectivity index (χ4n) is 6.07. The lowest BCUT2D eigenvalue weighted by Crippen LogP contribution is -2.61. The number of primary amides is 1. The smallest absolute Gasteiger partial charge is 0.326 e. The molecule has 0 saturated carbocycles. The van der Waals surface area contributed by atoms with Gasteiger partial charge in [0, 0.05) is 6.54 Å². The van der Waals surface area contributed by atoms with Crippen LogP contribution in [0.25, 0.3) is 0 Å². The Bertz CT molecular complexity index is 1590. The molecule has 17 N–H and O–H groups in total. The second kappa shape index (κ2) is 28.9. The Labute approximate surface area is 369 Å². The summed E-state index contributed by atoms with van der Waals surface area (Å²) >= 11 is 0. The van der Waals surface area contributed by atoms with E-state index in [1.54, 1.807) is 41.5 Å². The highest BCUT2D eigenvalue weighted by Gasteiger charge is 2.36. The number of guanidine groups is 1. The first-order valence-corrected chi connectivity index (χ1v) is 21.3. The lowest BCUT2D eigenvalue weighted by atomic mass is 9.95. The highest BCUT2D eigenvalue weighted by Crippen LogP contribution is 2.14. The van der Waals surface area contributed by atoms with Gasteiger partial charge in [-0.3, -0.25) is 43.3 Å². The van der Waals surface area contributed by atoms with Gasteiger partial charge in [-0.1, -0.05) is 61.8 Å². The monoisotopic (exact) mass is 899 g/mol. The molecule has 63 heavy (non-hydrogen) atoms. The van der Waals surface area contributed by atoms with E-state index in [0.29, 0.717) is 6.42 Å². The van der Waals surface area contributed by atoms with Crippen LogP contribution in [0.15, 0.2) is 4.99 Å². The minimum atomic E-state index is -1.66. The van der Waals surface area contributed by atoms with E-state index in [-0.39, 0.29) is 62.4 Å². The number of carbonyl (C=O) groups is 9. The molecule has 0 heterocycles. The lowest BCUT2D eigenvalue weighted by Gasteiger charge is -2.30. The number of aliphatic imine (C=N–C) groups is 1. The number of carboxylic acids is 1. The average Bonchev–Trinajstić information content (AvgIpc) is 3.17. The van der Waals surface area contributed by atoms with Gasteiger partial charge >= 0.3 is 5.97 Å². The number of aliphatic hydroxyl groups excluding tert-OH is 1. The van der Waals surface area contributed by atoms with Crippen LogP contribution < -0.4 is 60.2 Å². The first kappa shape index (κ1) is 57.4. The molecule has 8 amide bonds. The number of aliphatic carboxylic acids is 1. The molecule has 360 valence electrons. The molecule has 9 atom stereocenters. The van der Waals surface area contributed by atoms with E-state index in [1.807, 2.05) is 13.8 Å². The maximum Gasteiger partial charge on any atom is 0.326 e. The van der Waals surface area contributed by atoms with Crippen molar-refractivity contribution < 1.29 is 53.4 Å². The van der Waals surface area contributed by atoms with Crippen LogP contribution in [0.1, 0.15) is 107 Å². The number of aliphatic hydroxyl groups is 1. The van der Waals surface area contributed by atoms with Crippen LogP contribution in [-0.2, 0) is 43.2 Å². The largest absolute Gasteiger partial charge is 0.480 e. The Balaban J connectivity index is 6.56. The number of nitrogens with one attached hydrogen (secondary N) is 7. The van der Waals surface area contributed by atoms with Crippen molar-refractivity contribution in [3.05, 3.63) is 0 Å². The van der Waals surface area contributed by atoms with Gasteiger partial charge in [-0.05, 0) is 62.7 Å². The Morgan fingerprint density at radius 3 is 1.49 bits per heavy atom. The van der Waals surface area contributed by atoms with E-state index in [0.717, 1.165) is 0 Å². The lowest BCUT2D eigenvalue weighted by molar-refractivity contribution is -0.143. The van der Waals surface area contributed by atoms with Crippen molar-refractivity contribution in [1.29, 1.82) is 0 Å². The fourth-order valence-corrected chi connectivity index (χ4v) is 6.07. The van der Waals surface area contributed by atoms with Crippen molar-refractivity contribution in [1.82, 2.24) is 37.2 Å². The molecule has 0 spiro atoms. The quantitative estimate of drug-likeness (QED) is 0.0193. The number of nitrogens with zero attached hydrogens (tertiary/aromatic N) is 1. The third-order valence-corrected chi connectivity index (χ3v) is 9.68. The summed E-state index contributed by atoms with van der Waals surface area (Å²) in [5.41, 5.74) is 21.9. The molecule has 23 heteroatoms. The molecule has 0 saturated heterocycles. The van der Waals surface area contributed by atoms with Gasteiger partial charge < -0.3 is 70.4 Å². The Morgan fingerprint density at radius 1 is 0.587 bits per heavy atom. The average molecular weight is 899 g/mol. The van der Waals surface area contributed by atoms with Gasteiger partial charge in [-0.25, -0.2) is 4.79 Å². The van der Waals surface area contributed by atoms with E-state index in [2.05, 4.69) is 42.2 Å². The van der Waals surface area contributed by atoms with Gasteiger partial charge in [0.15, 0.2) is 5.96 Å². The van der Waals surface area contributed by atoms with Crippen molar-refractivity contribution in [3.63, 3.8) is 0 Å². The van der Waals surface area contributed by atoms with Crippen LogP contribution >= 0.6 is 0 Å². The molecule has 0 radical (unpaired) electrons. The van der Waals surface area contributed by atoms with Crippen molar-refractivity contribution in [2.75, 3.05) is 13.1 Å². The number of carboxylic acid groups (broad SMARTS) is 1. The van der Waals surface area contributed by atoms with Gasteiger partial charge in [0.1, 0.15) is 42.3 Å². The SMILES string of the molecule is CC[C@H](C)[C@H](NC(=O)[C@H](CCCN=C(N)N)NC(=O)[C@H](CC(N)=O)NC(=O)[C@H](CC(C)C)NC(=O)CNC(=O)[C@@H](N)[C@@H](C)O)C(=O)N[C@@H](CC(C)C)C(=O)N[C@@H](CC(C)C)C(=O)O. The van der Waals surface area contributed by atoms with Crippen LogP contribution in [0.3, 0.4) is 0 Å². The predicted molar refractivity (Wildman–Crippen MR) is 233 cm³/mol. The van der Waals surface area contributed by atoms with Gasteiger partial charge in [-0.2, -0.15) is 0 Å². The van der Waals surface area contributed by atoms with Crippen LogP contribution in [0.4, 0.5) is 0 Å². The zero-order valence-corrected chi connectivity index (χ0v) is 38.1. The molecule has 0 unspecified atom stereocenters. The number of carbonyl (C=O) groups excluding carboxylic acids is 8. The number of rotatable bonds is 30. The third kappa shape index (κ3) is 23.4. The van der Waals surface area contributed by atoms with Crippen molar-refractivity contribution in [2.24, 2.45) is 51.6 Å². The molecule has 0 fully saturated rings. The molecular weight excluding hydrogens is 825 g/mol. The third-order valence-electron chi connectivity index (χ3n) is 9.68. The first-order chi connectivity index (χ1) is 29.2. The van der Waals surface area contributed by atoms with Crippen LogP contribution in [-0.4, -0.2) is 131 Å². The van der Waals surface area contributed by atoms with Crippen LogP contribution in [0, 0.1) is 23.7 Å². The molecule has 0 aromatic carbocycles. The summed E-state index contributed by atoms with van der Waals surface area (Å²) in [7, 11) is 0. The van der Waals surface area contributed by atoms with Gasteiger partial charge in [0.2, 0.25) is 47.3 Å². The number of amides is 8. The van der Waals surface area contributed by atoms with Crippen molar-refractivity contribution >= 4 is 59.2 Å². The van der Waals surface area contributed by atoms with Crippen LogP contribution in [0.5, 0.6) is 0 Å². The predicted octanol–water partition coefficient (Wildman–Crippen LogP) is -3.08. The standard InChI is InChI=1S/C40H74N12O11/c1-10-22(8)32(38(61)50-26(15-20(4)5)35(58)51-28(39(62)63)16-21(6)7)52-33(56)24(12-11-13-45-40(43)44)48-36(59)27(17-29(41)54)49-34(57)25(14-19(2)3)47-30(55)18-46-37(60)31(42)23(9)53/h19-28,31-32,53H,10-18,42H2,1-9H3,(H2,41,54)(H,46,60)(H,47,55)(H,48,59)(H,49,57)(H,50,61)(H,51,58)(H,52,56)(H,62,63)(H4,43,44,45)/t22-,23+,24-,25-,26-,27-,28-,31-,32-/m0/s1. The molecule has 0 bridgehead atoms. The zero-order chi connectivity index (χ0) is 48.7. The maximum absolute atomic E-state index is 14.1. The number of hydrogen-bond acceptors (Lipinski definition) is 12. The second-order valence-corrected chi connectivity index (χ2v) is 17.1. The Morgan fingerprint density at radius 2 is 1.03 bits per heavy atom. The minimum Gasteiger partial charge on any atom is -0.480 e. The van der Waals surface area contributed by atoms with E-state index in [9.17, 15) is 53.4 Å². The number of nitrogens with two attached hydrogens (primary N) is 4. The summed E-state index contributed by atoms with van der Waals surface area (Å²) in [4.78, 5) is 122. The normalized spacial score (nSPS) is 15.5. The van der Waals surface area contributed by atoms with E-state index in [4.69, 9.17) is 22.9 Å². The molecular formula is C40H74N12O11. The summed E-state index contributed by atoms with van der Waals surface area (Å²) in [6.07, 6.45) is -1.20. The van der Waals surface area contributed by atoms with E-state index < -0.39 is 121 Å². The van der Waals surface area contributed by atoms with E-state index >= 15 is 0 Å². The fraction of sp³-hybridized carbons (Fsp3) is 0.750. The first-order valence-electron chi connectivity index (χ1n) is 21.3. The molecule has 0 rings (SSSR count). The highest BCUT2D eigenvalue weighted by atomic mass is 16.4. The summed E-state index contributed by atoms with van der Waals surface area (Å²) in [5, 5.41) is 36.8. The number of hydrogen-bond donors (Lipinski definition) is 13. The topological polar surface area (TPSA) is 395 Å². The zero-order valence-electron chi connectivity index (χ0n) is 38.1. The highest BCUT2D eigenvalue weighted by molar-refractivity contribution is 5.98. The van der Waals surface area contributed by atoms with Crippen molar-refractivity contribution in [3.8, 4) is 0 Å². The van der Waals surface area contributed by atoms with Gasteiger partial charge in [-0.15, -0.1) is 0 Å². The second-order valence-electron chi connectivity index (χ2n) is 17.1.